The second-order valence-corrected chi connectivity index (χ2v) is 2.49. The van der Waals surface area contributed by atoms with E-state index in [1.807, 2.05) is 0 Å². The highest BCUT2D eigenvalue weighted by Gasteiger charge is 2.15. The van der Waals surface area contributed by atoms with Gasteiger partial charge in [0.15, 0.2) is 0 Å². The standard InChI is InChI=1S/C5H4BrF2N2/c1-10-4(6)3(2-9-10)5(7)8/h5H,1H3. The topological polar surface area (TPSA) is 17.8 Å². The predicted octanol–water partition coefficient (Wildman–Crippen LogP) is 1.92. The van der Waals surface area contributed by atoms with E-state index in [4.69, 9.17) is 0 Å². The van der Waals surface area contributed by atoms with Gasteiger partial charge in [-0.15, -0.1) is 0 Å². The van der Waals surface area contributed by atoms with Gasteiger partial charge in [0.2, 0.25) is 0 Å². The second-order valence-electron chi connectivity index (χ2n) is 1.74. The third kappa shape index (κ3) is 1.18. The molecule has 2 nitrogen and oxygen atoms in total. The van der Waals surface area contributed by atoms with Crippen molar-refractivity contribution in [1.29, 1.82) is 0 Å². The summed E-state index contributed by atoms with van der Waals surface area (Å²) in [5.41, 5.74) is -0.192. The first-order valence-electron chi connectivity index (χ1n) is 2.51. The Bertz CT molecular complexity index is 234. The molecule has 55 valence electrons. The minimum atomic E-state index is -2.51. The zero-order valence-corrected chi connectivity index (χ0v) is 6.69. The van der Waals surface area contributed by atoms with E-state index in [0.29, 0.717) is 0 Å². The van der Waals surface area contributed by atoms with E-state index in [1.165, 1.54) is 4.68 Å². The van der Waals surface area contributed by atoms with Crippen LogP contribution in [-0.4, -0.2) is 9.78 Å². The van der Waals surface area contributed by atoms with Crippen molar-refractivity contribution in [1.82, 2.24) is 9.78 Å². The Kier molecular flexibility index (Phi) is 2.03. The van der Waals surface area contributed by atoms with Gasteiger partial charge in [0.1, 0.15) is 10.8 Å². The molecule has 1 aromatic heterocycles. The molecule has 0 aliphatic heterocycles. The maximum Gasteiger partial charge on any atom is 0.268 e. The average Bonchev–Trinajstić information content (AvgIpc) is 2.14. The van der Waals surface area contributed by atoms with Crippen molar-refractivity contribution in [3.05, 3.63) is 16.4 Å². The second kappa shape index (κ2) is 2.65. The lowest BCUT2D eigenvalue weighted by molar-refractivity contribution is 0.150. The maximum absolute atomic E-state index is 11.9. The Balaban J connectivity index is 3.05. The first-order chi connectivity index (χ1) is 4.63. The SMILES string of the molecule is Cn1n[c]c(C(F)F)c1Br. The van der Waals surface area contributed by atoms with E-state index < -0.39 is 6.43 Å². The molecule has 0 amide bonds. The molecule has 0 bridgehead atoms. The van der Waals surface area contributed by atoms with Crippen molar-refractivity contribution < 1.29 is 8.78 Å². The third-order valence-electron chi connectivity index (χ3n) is 1.05. The first-order valence-corrected chi connectivity index (χ1v) is 3.30. The van der Waals surface area contributed by atoms with Gasteiger partial charge in [-0.05, 0) is 15.9 Å². The van der Waals surface area contributed by atoms with E-state index >= 15 is 0 Å². The zero-order chi connectivity index (χ0) is 7.72. The number of rotatable bonds is 1. The molecular formula is C5H4BrF2N2. The lowest BCUT2D eigenvalue weighted by atomic mass is 10.4. The summed E-state index contributed by atoms with van der Waals surface area (Å²) in [6.45, 7) is 0. The van der Waals surface area contributed by atoms with Gasteiger partial charge in [0.25, 0.3) is 6.43 Å². The Morgan fingerprint density at radius 3 is 2.50 bits per heavy atom. The lowest BCUT2D eigenvalue weighted by Gasteiger charge is -1.94. The van der Waals surface area contributed by atoms with Crippen LogP contribution in [0.2, 0.25) is 0 Å². The molecular weight excluding hydrogens is 206 g/mol. The summed E-state index contributed by atoms with van der Waals surface area (Å²) in [5.74, 6) is 0. The Labute approximate surface area is 65.0 Å². The molecule has 0 aliphatic carbocycles. The molecule has 0 spiro atoms. The van der Waals surface area contributed by atoms with Crippen LogP contribution in [-0.2, 0) is 7.05 Å². The van der Waals surface area contributed by atoms with E-state index in [0.717, 1.165) is 0 Å². The molecule has 0 saturated carbocycles. The molecule has 0 N–H and O–H groups in total. The van der Waals surface area contributed by atoms with Gasteiger partial charge in [0, 0.05) is 7.05 Å². The fourth-order valence-electron chi connectivity index (χ4n) is 0.532. The normalized spacial score (nSPS) is 10.9. The lowest BCUT2D eigenvalue weighted by Crippen LogP contribution is -1.89. The van der Waals surface area contributed by atoms with Gasteiger partial charge < -0.3 is 0 Å². The number of halogens is 3. The van der Waals surface area contributed by atoms with Crippen molar-refractivity contribution in [3.8, 4) is 0 Å². The van der Waals surface area contributed by atoms with Crippen LogP contribution in [0.5, 0.6) is 0 Å². The fourth-order valence-corrected chi connectivity index (χ4v) is 0.873. The molecule has 1 aromatic rings. The summed E-state index contributed by atoms with van der Waals surface area (Å²) in [7, 11) is 1.56. The summed E-state index contributed by atoms with van der Waals surface area (Å²) >= 11 is 2.94. The number of aryl methyl sites for hydroxylation is 1. The number of alkyl halides is 2. The molecule has 1 rings (SSSR count). The quantitative estimate of drug-likeness (QED) is 0.692. The molecule has 5 heteroatoms. The molecule has 0 aromatic carbocycles. The summed E-state index contributed by atoms with van der Waals surface area (Å²) in [6.07, 6.45) is -0.322. The van der Waals surface area contributed by atoms with Crippen molar-refractivity contribution in [2.45, 2.75) is 6.43 Å². The van der Waals surface area contributed by atoms with E-state index in [2.05, 4.69) is 27.2 Å². The molecule has 1 radical (unpaired) electrons. The number of nitrogens with zero attached hydrogens (tertiary/aromatic N) is 2. The first kappa shape index (κ1) is 7.65. The average molecular weight is 210 g/mol. The van der Waals surface area contributed by atoms with Crippen LogP contribution in [0.1, 0.15) is 12.0 Å². The van der Waals surface area contributed by atoms with Crippen molar-refractivity contribution >= 4 is 15.9 Å². The van der Waals surface area contributed by atoms with Crippen LogP contribution in [0, 0.1) is 6.20 Å². The van der Waals surface area contributed by atoms with Gasteiger partial charge in [-0.25, -0.2) is 8.78 Å². The summed E-state index contributed by atoms with van der Waals surface area (Å²) in [4.78, 5) is 0. The molecule has 0 unspecified atom stereocenters. The highest BCUT2D eigenvalue weighted by Crippen LogP contribution is 2.25. The van der Waals surface area contributed by atoms with E-state index in [-0.39, 0.29) is 10.2 Å². The van der Waals surface area contributed by atoms with E-state index in [9.17, 15) is 8.78 Å². The largest absolute Gasteiger partial charge is 0.268 e. The Morgan fingerprint density at radius 1 is 1.70 bits per heavy atom. The smallest absolute Gasteiger partial charge is 0.260 e. The minimum absolute atomic E-state index is 0.192. The minimum Gasteiger partial charge on any atom is -0.260 e. The molecule has 1 heterocycles. The molecule has 10 heavy (non-hydrogen) atoms. The summed E-state index contributed by atoms with van der Waals surface area (Å²) in [6, 6.07) is 0. The van der Waals surface area contributed by atoms with Crippen LogP contribution in [0.4, 0.5) is 8.78 Å². The van der Waals surface area contributed by atoms with Gasteiger partial charge >= 0.3 is 0 Å². The van der Waals surface area contributed by atoms with Gasteiger partial charge in [0.05, 0.1) is 5.56 Å². The molecule has 0 atom stereocenters. The monoisotopic (exact) mass is 209 g/mol. The third-order valence-corrected chi connectivity index (χ3v) is 1.99. The highest BCUT2D eigenvalue weighted by molar-refractivity contribution is 9.10. The molecule has 0 aliphatic rings. The number of aromatic nitrogens is 2. The summed E-state index contributed by atoms with van der Waals surface area (Å²) < 4.78 is 25.4. The highest BCUT2D eigenvalue weighted by atomic mass is 79.9. The van der Waals surface area contributed by atoms with Gasteiger partial charge in [-0.1, -0.05) is 0 Å². The van der Waals surface area contributed by atoms with Crippen molar-refractivity contribution in [2.24, 2.45) is 7.05 Å². The van der Waals surface area contributed by atoms with Gasteiger partial charge in [-0.3, -0.25) is 4.68 Å². The van der Waals surface area contributed by atoms with E-state index in [1.54, 1.807) is 7.05 Å². The maximum atomic E-state index is 11.9. The Morgan fingerprint density at radius 2 is 2.30 bits per heavy atom. The predicted molar refractivity (Wildman–Crippen MR) is 34.7 cm³/mol. The zero-order valence-electron chi connectivity index (χ0n) is 5.11. The van der Waals surface area contributed by atoms with Gasteiger partial charge in [-0.2, -0.15) is 5.10 Å². The molecule has 0 saturated heterocycles. The Hall–Kier alpha value is -0.450. The number of hydrogen-bond donors (Lipinski definition) is 0. The van der Waals surface area contributed by atoms with Crippen LogP contribution < -0.4 is 0 Å². The fraction of sp³-hybridized carbons (Fsp3) is 0.400. The van der Waals surface area contributed by atoms with Crippen molar-refractivity contribution in [3.63, 3.8) is 0 Å². The summed E-state index contributed by atoms with van der Waals surface area (Å²) in [5, 5.41) is 3.50. The van der Waals surface area contributed by atoms with Crippen molar-refractivity contribution in [2.75, 3.05) is 0 Å². The van der Waals surface area contributed by atoms with Crippen LogP contribution >= 0.6 is 15.9 Å². The molecule has 0 fully saturated rings. The number of hydrogen-bond acceptors (Lipinski definition) is 1. The van der Waals surface area contributed by atoms with Crippen LogP contribution in [0.15, 0.2) is 4.60 Å². The van der Waals surface area contributed by atoms with Crippen LogP contribution in [0.3, 0.4) is 0 Å². The van der Waals surface area contributed by atoms with Crippen LogP contribution in [0.25, 0.3) is 0 Å².